The van der Waals surface area contributed by atoms with Gasteiger partial charge in [-0.2, -0.15) is 13.2 Å². The van der Waals surface area contributed by atoms with E-state index in [1.165, 1.54) is 23.1 Å². The fourth-order valence-corrected chi connectivity index (χ4v) is 11.0. The van der Waals surface area contributed by atoms with Crippen molar-refractivity contribution in [3.05, 3.63) is 123 Å². The first-order chi connectivity index (χ1) is 36.9. The molecule has 20 heteroatoms. The summed E-state index contributed by atoms with van der Waals surface area (Å²) in [7, 11) is 1.99. The van der Waals surface area contributed by atoms with Gasteiger partial charge < -0.3 is 35.8 Å². The van der Waals surface area contributed by atoms with Gasteiger partial charge in [0.1, 0.15) is 17.6 Å². The quantitative estimate of drug-likeness (QED) is 0.0370. The van der Waals surface area contributed by atoms with Gasteiger partial charge in [-0.15, -0.1) is 11.3 Å². The number of halogens is 4. The van der Waals surface area contributed by atoms with Crippen LogP contribution in [0.4, 0.5) is 28.9 Å². The summed E-state index contributed by atoms with van der Waals surface area (Å²) in [6.07, 6.45) is -1.22. The van der Waals surface area contributed by atoms with Gasteiger partial charge in [-0.3, -0.25) is 33.7 Å². The summed E-state index contributed by atoms with van der Waals surface area (Å²) in [6.45, 7) is 13.3. The van der Waals surface area contributed by atoms with E-state index in [0.717, 1.165) is 47.0 Å². The number of hydrogen-bond acceptors (Lipinski definition) is 11. The van der Waals surface area contributed by atoms with E-state index in [1.807, 2.05) is 77.8 Å². The monoisotopic (exact) mass is 1100 g/mol. The van der Waals surface area contributed by atoms with Crippen LogP contribution in [0.15, 0.2) is 83.2 Å². The highest BCUT2D eigenvalue weighted by atomic mass is 32.1. The van der Waals surface area contributed by atoms with Gasteiger partial charge in [-0.05, 0) is 87.0 Å². The van der Waals surface area contributed by atoms with E-state index in [4.69, 9.17) is 0 Å². The van der Waals surface area contributed by atoms with E-state index in [-0.39, 0.29) is 78.8 Å². The molecule has 4 amide bonds. The number of anilines is 2. The van der Waals surface area contributed by atoms with Crippen LogP contribution in [0.25, 0.3) is 21.6 Å². The van der Waals surface area contributed by atoms with Crippen LogP contribution in [0.5, 0.6) is 0 Å². The first-order valence-corrected chi connectivity index (χ1v) is 27.3. The highest BCUT2D eigenvalue weighted by Gasteiger charge is 2.44. The van der Waals surface area contributed by atoms with Crippen LogP contribution in [-0.2, 0) is 27.1 Å². The number of thiazole rings is 1. The van der Waals surface area contributed by atoms with Gasteiger partial charge in [0.15, 0.2) is 0 Å². The number of aromatic nitrogens is 2. The lowest BCUT2D eigenvalue weighted by molar-refractivity contribution is -0.146. The third-order valence-electron chi connectivity index (χ3n) is 14.9. The number of likely N-dealkylation sites (tertiary alicyclic amines) is 1. The lowest BCUT2D eigenvalue weighted by Crippen LogP contribution is -2.55. The Labute approximate surface area is 456 Å². The number of amides is 4. The Hall–Kier alpha value is -6.77. The summed E-state index contributed by atoms with van der Waals surface area (Å²) in [5.74, 6) is -3.79. The maximum Gasteiger partial charge on any atom is 0.417 e. The third-order valence-corrected chi connectivity index (χ3v) is 15.9. The number of likely N-dealkylation sites (N-methyl/N-ethyl adjacent to an activating group) is 1. The number of carbonyl (C=O) groups is 5. The van der Waals surface area contributed by atoms with Gasteiger partial charge in [-0.25, -0.2) is 9.37 Å². The number of nitrogens with one attached hydrogen (secondary N) is 4. The second-order valence-corrected chi connectivity index (χ2v) is 22.6. The second kappa shape index (κ2) is 25.4. The van der Waals surface area contributed by atoms with Crippen LogP contribution < -0.4 is 26.4 Å². The maximum absolute atomic E-state index is 15.9. The molecule has 5 N–H and O–H groups in total. The molecular weight excluding hydrogens is 1030 g/mol. The molecule has 0 unspecified atom stereocenters. The molecule has 0 bridgehead atoms. The Balaban J connectivity index is 0.873. The molecule has 5 atom stereocenters. The molecule has 2 aliphatic heterocycles. The first-order valence-electron chi connectivity index (χ1n) is 26.5. The molecule has 2 saturated heterocycles. The number of aromatic amines is 1. The number of piperazine rings is 1. The molecule has 15 nitrogen and oxygen atoms in total. The molecule has 78 heavy (non-hydrogen) atoms. The number of rotatable bonds is 20. The van der Waals surface area contributed by atoms with E-state index in [0.29, 0.717) is 56.0 Å². The molecule has 0 radical (unpaired) electrons. The van der Waals surface area contributed by atoms with Gasteiger partial charge in [0.05, 0.1) is 44.7 Å². The van der Waals surface area contributed by atoms with E-state index in [1.54, 1.807) is 29.0 Å². The van der Waals surface area contributed by atoms with Crippen molar-refractivity contribution in [2.24, 2.45) is 11.3 Å². The number of aryl methyl sites for hydroxylation is 1. The first kappa shape index (κ1) is 58.9. The number of ketones is 1. The van der Waals surface area contributed by atoms with Crippen LogP contribution in [0.1, 0.15) is 124 Å². The largest absolute Gasteiger partial charge is 0.417 e. The Morgan fingerprint density at radius 2 is 1.54 bits per heavy atom. The minimum atomic E-state index is -4.99. The molecule has 4 heterocycles. The normalized spacial score (nSPS) is 18.4. The number of aliphatic hydroxyl groups is 1. The smallest absolute Gasteiger partial charge is 0.391 e. The molecule has 0 spiro atoms. The van der Waals surface area contributed by atoms with E-state index >= 15 is 4.39 Å². The molecule has 2 fully saturated rings. The van der Waals surface area contributed by atoms with Crippen molar-refractivity contribution < 1.29 is 46.6 Å². The number of nitrogens with zero attached hydrogens (tertiary/aromatic N) is 4. The van der Waals surface area contributed by atoms with Crippen molar-refractivity contribution >= 4 is 52.1 Å². The predicted molar refractivity (Wildman–Crippen MR) is 294 cm³/mol. The zero-order valence-electron chi connectivity index (χ0n) is 45.2. The van der Waals surface area contributed by atoms with Crippen molar-refractivity contribution in [1.29, 1.82) is 0 Å². The summed E-state index contributed by atoms with van der Waals surface area (Å²) in [6, 6.07) is 16.3. The summed E-state index contributed by atoms with van der Waals surface area (Å²) in [5.41, 5.74) is 1.96. The van der Waals surface area contributed by atoms with Gasteiger partial charge in [0.2, 0.25) is 17.4 Å². The number of alkyl halides is 3. The van der Waals surface area contributed by atoms with Gasteiger partial charge >= 0.3 is 6.18 Å². The standard InChI is InChI=1S/C58H70F4N8O7S/c1-34-30-69(31-35(2)68(34)7)49-21-19-39(24-48(49)67-54(75)44-29-64-51(73)27-45(44)58(60,61)62)43-20-18-40(23-47(43)59)53(74)63-22-12-10-8-9-11-13-41(71)25-46(57(4,5)6)56(77)70-32-42(72)26-50(70)55(76)65-28-37-14-16-38(17-15-37)52-36(3)66-33-78-52/h14-21,23-24,27,29,33-35,42,46,50,72H,8-13,22,25-26,28,30-32H2,1-7H3,(H,63,74)(H,64,73)(H,65,76)(H,67,75)/t34-,35+,42-,46-,50+/m1/s1. The number of carbonyl (C=O) groups excluding carboxylic acids is 5. The minimum absolute atomic E-state index is 0.00671. The zero-order chi connectivity index (χ0) is 56.6. The molecule has 7 rings (SSSR count). The number of aliphatic hydroxyl groups excluding tert-OH is 1. The lowest BCUT2D eigenvalue weighted by Gasteiger charge is -2.44. The molecule has 2 aliphatic rings. The number of unbranched alkanes of at least 4 members (excludes halogenated alkanes) is 4. The molecule has 5 aromatic rings. The molecule has 2 aromatic heterocycles. The molecule has 0 aliphatic carbocycles. The zero-order valence-corrected chi connectivity index (χ0v) is 46.0. The van der Waals surface area contributed by atoms with Crippen LogP contribution in [0.2, 0.25) is 0 Å². The van der Waals surface area contributed by atoms with Crippen LogP contribution in [0.3, 0.4) is 0 Å². The Kier molecular flexibility index (Phi) is 19.1. The summed E-state index contributed by atoms with van der Waals surface area (Å²) in [5, 5.41) is 19.0. The second-order valence-electron chi connectivity index (χ2n) is 21.8. The van der Waals surface area contributed by atoms with Gasteiger partial charge in [0.25, 0.3) is 11.8 Å². The number of hydrogen-bond donors (Lipinski definition) is 5. The number of pyridine rings is 1. The predicted octanol–water partition coefficient (Wildman–Crippen LogP) is 9.38. The Morgan fingerprint density at radius 1 is 0.859 bits per heavy atom. The van der Waals surface area contributed by atoms with Crippen LogP contribution >= 0.6 is 11.3 Å². The summed E-state index contributed by atoms with van der Waals surface area (Å²) in [4.78, 5) is 92.6. The fourth-order valence-electron chi connectivity index (χ4n) is 10.2. The average molecular weight is 1100 g/mol. The third kappa shape index (κ3) is 14.7. The number of benzene rings is 3. The SMILES string of the molecule is Cc1ncsc1-c1ccc(CNC(=O)[C@@H]2C[C@@H](O)CN2C(=O)[C@@H](CC(=O)CCCCCCCNC(=O)c2ccc(-c3ccc(N4C[C@@H](C)N(C)[C@@H](C)C4)c(NC(=O)c4c[nH]c(=O)cc4C(F)(F)F)c3)c(F)c2)C(C)(C)C)cc1. The van der Waals surface area contributed by atoms with Crippen LogP contribution in [0, 0.1) is 24.1 Å². The molecule has 3 aromatic carbocycles. The van der Waals surface area contributed by atoms with Crippen molar-refractivity contribution in [1.82, 2.24) is 30.4 Å². The van der Waals surface area contributed by atoms with Crippen molar-refractivity contribution in [2.45, 2.75) is 130 Å². The minimum Gasteiger partial charge on any atom is -0.391 e. The maximum atomic E-state index is 15.9. The highest BCUT2D eigenvalue weighted by Crippen LogP contribution is 2.38. The van der Waals surface area contributed by atoms with E-state index < -0.39 is 64.0 Å². The lowest BCUT2D eigenvalue weighted by atomic mass is 9.76. The summed E-state index contributed by atoms with van der Waals surface area (Å²) >= 11 is 1.56. The Morgan fingerprint density at radius 3 is 2.19 bits per heavy atom. The van der Waals surface area contributed by atoms with Gasteiger partial charge in [0, 0.05) is 93.4 Å². The van der Waals surface area contributed by atoms with Crippen molar-refractivity contribution in [2.75, 3.05) is 43.4 Å². The van der Waals surface area contributed by atoms with Crippen molar-refractivity contribution in [3.63, 3.8) is 0 Å². The molecule has 418 valence electrons. The van der Waals surface area contributed by atoms with Crippen molar-refractivity contribution in [3.8, 4) is 21.6 Å². The number of H-pyrrole nitrogens is 1. The number of Topliss-reactive ketones (excluding diaryl/α,β-unsaturated/α-hetero) is 1. The average Bonchev–Trinajstić information content (AvgIpc) is 4.04. The van der Waals surface area contributed by atoms with Gasteiger partial charge in [-0.1, -0.05) is 76.4 Å². The van der Waals surface area contributed by atoms with Crippen LogP contribution in [-0.4, -0.2) is 112 Å². The highest BCUT2D eigenvalue weighted by molar-refractivity contribution is 7.13. The van der Waals surface area contributed by atoms with E-state index in [2.05, 4.69) is 30.8 Å². The molecule has 0 saturated carbocycles. The fraction of sp³-hybridized carbons (Fsp3) is 0.466. The summed E-state index contributed by atoms with van der Waals surface area (Å²) < 4.78 is 57.8. The number of β-amino-alcohol motifs (C(OH)–C–C–N with tert-alkyl or cyclic N) is 1. The molecular formula is C58H70F4N8O7S. The Bertz CT molecular complexity index is 3020. The van der Waals surface area contributed by atoms with E-state index in [9.17, 15) is 47.0 Å². The topological polar surface area (TPSA) is 197 Å².